The van der Waals surface area contributed by atoms with Gasteiger partial charge < -0.3 is 0 Å². The van der Waals surface area contributed by atoms with Crippen molar-refractivity contribution in [3.8, 4) is 5.82 Å². The van der Waals surface area contributed by atoms with E-state index in [2.05, 4.69) is 15.1 Å². The molecule has 0 unspecified atom stereocenters. The molecule has 0 N–H and O–H groups in total. The maximum Gasteiger partial charge on any atom is 0.170 e. The third-order valence-electron chi connectivity index (χ3n) is 3.41. The lowest BCUT2D eigenvalue weighted by Gasteiger charge is -2.23. The standard InChI is InChI=1S/C13H14N4O/c1-9-7-17(16-11(9)8-18)12-5-6-14-13(15-12)10-3-2-4-10/h5-8,10H,2-4H2,1H3. The number of rotatable bonds is 3. The van der Waals surface area contributed by atoms with Gasteiger partial charge in [0.25, 0.3) is 0 Å². The van der Waals surface area contributed by atoms with Gasteiger partial charge in [-0.05, 0) is 25.3 Å². The van der Waals surface area contributed by atoms with Crippen LogP contribution in [0.5, 0.6) is 0 Å². The van der Waals surface area contributed by atoms with Crippen LogP contribution < -0.4 is 0 Å². The smallest absolute Gasteiger partial charge is 0.170 e. The monoisotopic (exact) mass is 242 g/mol. The van der Waals surface area contributed by atoms with E-state index in [0.717, 1.165) is 23.5 Å². The molecule has 2 heterocycles. The third kappa shape index (κ3) is 1.81. The first-order valence-corrected chi connectivity index (χ1v) is 6.12. The molecule has 0 radical (unpaired) electrons. The van der Waals surface area contributed by atoms with Crippen LogP contribution >= 0.6 is 0 Å². The molecule has 0 atom stereocenters. The van der Waals surface area contributed by atoms with Crippen LogP contribution in [0.25, 0.3) is 5.82 Å². The zero-order chi connectivity index (χ0) is 12.5. The molecule has 0 bridgehead atoms. The Morgan fingerprint density at radius 2 is 2.28 bits per heavy atom. The summed E-state index contributed by atoms with van der Waals surface area (Å²) in [7, 11) is 0. The van der Waals surface area contributed by atoms with Crippen LogP contribution in [0.1, 0.15) is 47.1 Å². The Morgan fingerprint density at radius 3 is 2.89 bits per heavy atom. The molecular weight excluding hydrogens is 228 g/mol. The largest absolute Gasteiger partial charge is 0.296 e. The second-order valence-corrected chi connectivity index (χ2v) is 4.66. The van der Waals surface area contributed by atoms with E-state index >= 15 is 0 Å². The summed E-state index contributed by atoms with van der Waals surface area (Å²) >= 11 is 0. The number of carbonyl (C=O) groups is 1. The Balaban J connectivity index is 1.97. The molecule has 0 spiro atoms. The molecule has 3 rings (SSSR count). The van der Waals surface area contributed by atoms with Gasteiger partial charge in [-0.15, -0.1) is 0 Å². The Morgan fingerprint density at radius 1 is 1.44 bits per heavy atom. The van der Waals surface area contributed by atoms with E-state index in [9.17, 15) is 4.79 Å². The second kappa shape index (κ2) is 4.33. The van der Waals surface area contributed by atoms with Crippen LogP contribution in [0, 0.1) is 6.92 Å². The summed E-state index contributed by atoms with van der Waals surface area (Å²) in [6.07, 6.45) is 7.93. The number of aromatic nitrogens is 4. The molecule has 1 aliphatic rings. The summed E-state index contributed by atoms with van der Waals surface area (Å²) in [6, 6.07) is 1.81. The van der Waals surface area contributed by atoms with Gasteiger partial charge in [-0.1, -0.05) is 6.42 Å². The highest BCUT2D eigenvalue weighted by molar-refractivity contribution is 5.73. The average molecular weight is 242 g/mol. The lowest BCUT2D eigenvalue weighted by molar-refractivity contribution is 0.111. The molecule has 0 aromatic carbocycles. The fraction of sp³-hybridized carbons (Fsp3) is 0.385. The van der Waals surface area contributed by atoms with Crippen molar-refractivity contribution in [2.45, 2.75) is 32.1 Å². The van der Waals surface area contributed by atoms with E-state index in [0.29, 0.717) is 11.6 Å². The van der Waals surface area contributed by atoms with Gasteiger partial charge in [-0.3, -0.25) is 4.79 Å². The summed E-state index contributed by atoms with van der Waals surface area (Å²) in [5.74, 6) is 2.11. The molecule has 92 valence electrons. The molecule has 18 heavy (non-hydrogen) atoms. The van der Waals surface area contributed by atoms with Crippen molar-refractivity contribution in [1.82, 2.24) is 19.7 Å². The third-order valence-corrected chi connectivity index (χ3v) is 3.41. The van der Waals surface area contributed by atoms with Crippen molar-refractivity contribution in [2.24, 2.45) is 0 Å². The minimum Gasteiger partial charge on any atom is -0.296 e. The van der Waals surface area contributed by atoms with E-state index in [1.165, 1.54) is 19.3 Å². The van der Waals surface area contributed by atoms with Crippen LogP contribution in [0.4, 0.5) is 0 Å². The summed E-state index contributed by atoms with van der Waals surface area (Å²) in [5, 5.41) is 4.20. The lowest BCUT2D eigenvalue weighted by Crippen LogP contribution is -2.14. The van der Waals surface area contributed by atoms with Gasteiger partial charge >= 0.3 is 0 Å². The van der Waals surface area contributed by atoms with Crippen LogP contribution in [-0.2, 0) is 0 Å². The van der Waals surface area contributed by atoms with Crippen LogP contribution in [-0.4, -0.2) is 26.0 Å². The molecule has 1 saturated carbocycles. The van der Waals surface area contributed by atoms with Crippen molar-refractivity contribution in [2.75, 3.05) is 0 Å². The highest BCUT2D eigenvalue weighted by Crippen LogP contribution is 2.34. The summed E-state index contributed by atoms with van der Waals surface area (Å²) in [4.78, 5) is 19.6. The number of carbonyl (C=O) groups excluding carboxylic acids is 1. The molecule has 2 aromatic rings. The minimum atomic E-state index is 0.457. The molecule has 0 amide bonds. The average Bonchev–Trinajstić information content (AvgIpc) is 2.69. The normalized spacial score (nSPS) is 15.4. The van der Waals surface area contributed by atoms with Crippen molar-refractivity contribution < 1.29 is 4.79 Å². The number of aryl methyl sites for hydroxylation is 1. The van der Waals surface area contributed by atoms with Crippen molar-refractivity contribution >= 4 is 6.29 Å². The number of hydrogen-bond acceptors (Lipinski definition) is 4. The maximum absolute atomic E-state index is 10.8. The van der Waals surface area contributed by atoms with Gasteiger partial charge in [0.15, 0.2) is 12.1 Å². The molecule has 0 saturated heterocycles. The van der Waals surface area contributed by atoms with Crippen LogP contribution in [0.15, 0.2) is 18.5 Å². The first kappa shape index (κ1) is 11.1. The molecule has 5 heteroatoms. The molecule has 5 nitrogen and oxygen atoms in total. The Kier molecular flexibility index (Phi) is 2.66. The SMILES string of the molecule is Cc1cn(-c2ccnc(C3CCC3)n2)nc1C=O. The van der Waals surface area contributed by atoms with Gasteiger partial charge in [-0.25, -0.2) is 14.6 Å². The number of nitrogens with zero attached hydrogens (tertiary/aromatic N) is 4. The van der Waals surface area contributed by atoms with Crippen molar-refractivity contribution in [3.63, 3.8) is 0 Å². The fourth-order valence-corrected chi connectivity index (χ4v) is 2.06. The van der Waals surface area contributed by atoms with Crippen molar-refractivity contribution in [1.29, 1.82) is 0 Å². The van der Waals surface area contributed by atoms with Gasteiger partial charge in [0, 0.05) is 24.4 Å². The van der Waals surface area contributed by atoms with Gasteiger partial charge in [-0.2, -0.15) is 5.10 Å². The van der Waals surface area contributed by atoms with Gasteiger partial charge in [0.05, 0.1) is 0 Å². The van der Waals surface area contributed by atoms with Gasteiger partial charge in [0.1, 0.15) is 11.5 Å². The quantitative estimate of drug-likeness (QED) is 0.773. The fourth-order valence-electron chi connectivity index (χ4n) is 2.06. The molecule has 2 aromatic heterocycles. The van der Waals surface area contributed by atoms with Crippen LogP contribution in [0.3, 0.4) is 0 Å². The summed E-state index contributed by atoms with van der Waals surface area (Å²) in [6.45, 7) is 1.86. The Hall–Kier alpha value is -2.04. The zero-order valence-electron chi connectivity index (χ0n) is 10.2. The second-order valence-electron chi connectivity index (χ2n) is 4.66. The summed E-state index contributed by atoms with van der Waals surface area (Å²) < 4.78 is 1.64. The van der Waals surface area contributed by atoms with E-state index in [1.807, 2.05) is 19.2 Å². The van der Waals surface area contributed by atoms with Crippen molar-refractivity contribution in [3.05, 3.63) is 35.5 Å². The Labute approximate surface area is 105 Å². The molecular formula is C13H14N4O. The predicted octanol–water partition coefficient (Wildman–Crippen LogP) is 2.05. The van der Waals surface area contributed by atoms with E-state index < -0.39 is 0 Å². The van der Waals surface area contributed by atoms with E-state index in [4.69, 9.17) is 0 Å². The van der Waals surface area contributed by atoms with E-state index in [1.54, 1.807) is 10.9 Å². The zero-order valence-corrected chi connectivity index (χ0v) is 10.2. The first-order chi connectivity index (χ1) is 8.78. The predicted molar refractivity (Wildman–Crippen MR) is 65.9 cm³/mol. The molecule has 1 fully saturated rings. The molecule has 1 aliphatic carbocycles. The minimum absolute atomic E-state index is 0.457. The van der Waals surface area contributed by atoms with Gasteiger partial charge in [0.2, 0.25) is 0 Å². The highest BCUT2D eigenvalue weighted by atomic mass is 16.1. The van der Waals surface area contributed by atoms with Crippen LogP contribution in [0.2, 0.25) is 0 Å². The number of aldehydes is 1. The maximum atomic E-state index is 10.8. The topological polar surface area (TPSA) is 60.7 Å². The lowest BCUT2D eigenvalue weighted by atomic mass is 9.85. The highest BCUT2D eigenvalue weighted by Gasteiger charge is 2.22. The Bertz CT molecular complexity index is 586. The summed E-state index contributed by atoms with van der Waals surface area (Å²) in [5.41, 5.74) is 1.31. The van der Waals surface area contributed by atoms with E-state index in [-0.39, 0.29) is 0 Å². The molecule has 0 aliphatic heterocycles. The number of hydrogen-bond donors (Lipinski definition) is 0. The first-order valence-electron chi connectivity index (χ1n) is 6.12.